The van der Waals surface area contributed by atoms with Crippen molar-refractivity contribution in [3.63, 3.8) is 0 Å². The van der Waals surface area contributed by atoms with E-state index >= 15 is 0 Å². The lowest BCUT2D eigenvalue weighted by atomic mass is 10.2. The van der Waals surface area contributed by atoms with E-state index < -0.39 is 10.9 Å². The molecule has 0 N–H and O–H groups in total. The Kier molecular flexibility index (Phi) is 7.60. The lowest BCUT2D eigenvalue weighted by Crippen LogP contribution is -2.11. The summed E-state index contributed by atoms with van der Waals surface area (Å²) in [6, 6.07) is 5.64. The molecular formula is C15H19NO6. The van der Waals surface area contributed by atoms with E-state index in [2.05, 4.69) is 0 Å². The predicted octanol–water partition coefficient (Wildman–Crippen LogP) is 3.01. The topological polar surface area (TPSA) is 95.7 Å². The van der Waals surface area contributed by atoms with E-state index in [9.17, 15) is 19.7 Å². The lowest BCUT2D eigenvalue weighted by molar-refractivity contribution is -0.385. The van der Waals surface area contributed by atoms with Gasteiger partial charge in [-0.05, 0) is 18.9 Å². The van der Waals surface area contributed by atoms with Crippen molar-refractivity contribution in [1.29, 1.82) is 0 Å². The number of hydrogen-bond acceptors (Lipinski definition) is 6. The van der Waals surface area contributed by atoms with Crippen LogP contribution in [0.5, 0.6) is 5.75 Å². The van der Waals surface area contributed by atoms with Crippen LogP contribution >= 0.6 is 0 Å². The van der Waals surface area contributed by atoms with E-state index in [-0.39, 0.29) is 36.7 Å². The zero-order valence-corrected chi connectivity index (χ0v) is 12.4. The van der Waals surface area contributed by atoms with E-state index in [1.54, 1.807) is 6.07 Å². The predicted molar refractivity (Wildman–Crippen MR) is 78.4 cm³/mol. The van der Waals surface area contributed by atoms with Crippen LogP contribution < -0.4 is 4.74 Å². The van der Waals surface area contributed by atoms with Gasteiger partial charge in [0, 0.05) is 18.9 Å². The maximum atomic E-state index is 11.6. The molecule has 0 heterocycles. The van der Waals surface area contributed by atoms with Gasteiger partial charge in [-0.25, -0.2) is 0 Å². The fraction of sp³-hybridized carbons (Fsp3) is 0.467. The Labute approximate surface area is 128 Å². The molecule has 0 atom stereocenters. The highest BCUT2D eigenvalue weighted by Gasteiger charge is 2.17. The monoisotopic (exact) mass is 309 g/mol. The highest BCUT2D eigenvalue weighted by molar-refractivity contribution is 5.75. The molecule has 0 aliphatic rings. The molecule has 120 valence electrons. The zero-order chi connectivity index (χ0) is 16.4. The normalized spacial score (nSPS) is 10.0. The second kappa shape index (κ2) is 9.49. The number of nitro groups is 1. The van der Waals surface area contributed by atoms with Crippen LogP contribution in [0, 0.1) is 10.1 Å². The first-order chi connectivity index (χ1) is 10.5. The van der Waals surface area contributed by atoms with Gasteiger partial charge in [0.1, 0.15) is 0 Å². The summed E-state index contributed by atoms with van der Waals surface area (Å²) in [4.78, 5) is 33.1. The molecule has 7 nitrogen and oxygen atoms in total. The molecule has 22 heavy (non-hydrogen) atoms. The van der Waals surface area contributed by atoms with Crippen LogP contribution in [0.1, 0.15) is 39.0 Å². The minimum absolute atomic E-state index is 0.00503. The molecule has 0 saturated carbocycles. The second-order valence-electron chi connectivity index (χ2n) is 4.63. The second-order valence-corrected chi connectivity index (χ2v) is 4.63. The van der Waals surface area contributed by atoms with Gasteiger partial charge >= 0.3 is 17.6 Å². The highest BCUT2D eigenvalue weighted by Crippen LogP contribution is 2.26. The third-order valence-electron chi connectivity index (χ3n) is 2.81. The minimum atomic E-state index is -0.617. The lowest BCUT2D eigenvalue weighted by Gasteiger charge is -2.05. The molecule has 0 aliphatic carbocycles. The summed E-state index contributed by atoms with van der Waals surface area (Å²) in [5.74, 6) is -1.06. The molecule has 0 bridgehead atoms. The molecule has 0 aromatic heterocycles. The maximum Gasteiger partial charge on any atom is 0.311 e. The average molecular weight is 309 g/mol. The molecule has 0 aliphatic heterocycles. The molecule has 0 saturated heterocycles. The van der Waals surface area contributed by atoms with Crippen LogP contribution in [0.3, 0.4) is 0 Å². The number of esters is 2. The van der Waals surface area contributed by atoms with Crippen molar-refractivity contribution in [2.45, 2.75) is 39.0 Å². The first-order valence-electron chi connectivity index (χ1n) is 7.14. The quantitative estimate of drug-likeness (QED) is 0.229. The molecule has 1 rings (SSSR count). The van der Waals surface area contributed by atoms with E-state index in [4.69, 9.17) is 9.47 Å². The van der Waals surface area contributed by atoms with Crippen molar-refractivity contribution in [3.05, 3.63) is 34.4 Å². The maximum absolute atomic E-state index is 11.6. The Morgan fingerprint density at radius 2 is 1.82 bits per heavy atom. The van der Waals surface area contributed by atoms with Gasteiger partial charge < -0.3 is 9.47 Å². The van der Waals surface area contributed by atoms with Crippen LogP contribution in [0.15, 0.2) is 24.3 Å². The number of rotatable bonds is 9. The number of nitrogens with zero attached hydrogens (tertiary/aromatic N) is 1. The van der Waals surface area contributed by atoms with Crippen LogP contribution in [-0.2, 0) is 14.3 Å². The van der Waals surface area contributed by atoms with Gasteiger partial charge in [-0.2, -0.15) is 0 Å². The van der Waals surface area contributed by atoms with Gasteiger partial charge in [-0.15, -0.1) is 0 Å². The fourth-order valence-corrected chi connectivity index (χ4v) is 1.65. The van der Waals surface area contributed by atoms with Crippen molar-refractivity contribution >= 4 is 17.6 Å². The van der Waals surface area contributed by atoms with Gasteiger partial charge in [0.25, 0.3) is 0 Å². The smallest absolute Gasteiger partial charge is 0.311 e. The number of benzene rings is 1. The highest BCUT2D eigenvalue weighted by atomic mass is 16.6. The number of ether oxygens (including phenoxy) is 2. The largest absolute Gasteiger partial charge is 0.466 e. The Hall–Kier alpha value is -2.44. The number of unbranched alkanes of at least 4 members (excludes halogenated alkanes) is 1. The summed E-state index contributed by atoms with van der Waals surface area (Å²) in [6.45, 7) is 2.38. The molecule has 1 aromatic rings. The summed E-state index contributed by atoms with van der Waals surface area (Å²) in [5, 5.41) is 10.8. The summed E-state index contributed by atoms with van der Waals surface area (Å²) < 4.78 is 9.91. The molecule has 7 heteroatoms. The number of carbonyl (C=O) groups is 2. The van der Waals surface area contributed by atoms with Gasteiger partial charge in [-0.3, -0.25) is 19.7 Å². The van der Waals surface area contributed by atoms with Crippen molar-refractivity contribution in [1.82, 2.24) is 0 Å². The van der Waals surface area contributed by atoms with E-state index in [0.29, 0.717) is 6.61 Å². The van der Waals surface area contributed by atoms with Crippen LogP contribution in [0.25, 0.3) is 0 Å². The Morgan fingerprint density at radius 1 is 1.14 bits per heavy atom. The van der Waals surface area contributed by atoms with Crippen molar-refractivity contribution < 1.29 is 24.0 Å². The molecule has 0 unspecified atom stereocenters. The first-order valence-corrected chi connectivity index (χ1v) is 7.14. The number of nitro benzene ring substituents is 1. The number of carbonyl (C=O) groups excluding carboxylic acids is 2. The SMILES string of the molecule is CCCCOC(=O)CCCC(=O)Oc1ccccc1[N+](=O)[O-]. The van der Waals surface area contributed by atoms with Crippen molar-refractivity contribution in [2.24, 2.45) is 0 Å². The molecule has 0 spiro atoms. The standard InChI is InChI=1S/C15H19NO6/c1-2-3-11-21-14(17)9-6-10-15(18)22-13-8-5-4-7-12(13)16(19)20/h4-5,7-8H,2-3,6,9-11H2,1H3. The van der Waals surface area contributed by atoms with Gasteiger partial charge in [0.15, 0.2) is 0 Å². The Bertz CT molecular complexity index is 529. The molecular weight excluding hydrogens is 290 g/mol. The molecule has 0 amide bonds. The third-order valence-corrected chi connectivity index (χ3v) is 2.81. The summed E-state index contributed by atoms with van der Waals surface area (Å²) >= 11 is 0. The number of para-hydroxylation sites is 2. The van der Waals surface area contributed by atoms with Gasteiger partial charge in [0.2, 0.25) is 5.75 Å². The molecule has 1 aromatic carbocycles. The Balaban J connectivity index is 2.35. The minimum Gasteiger partial charge on any atom is -0.466 e. The van der Waals surface area contributed by atoms with E-state index in [1.807, 2.05) is 6.92 Å². The number of hydrogen-bond donors (Lipinski definition) is 0. The van der Waals surface area contributed by atoms with Crippen LogP contribution in [0.2, 0.25) is 0 Å². The third kappa shape index (κ3) is 6.34. The molecule has 0 fully saturated rings. The zero-order valence-electron chi connectivity index (χ0n) is 12.4. The van der Waals surface area contributed by atoms with Crippen molar-refractivity contribution in [2.75, 3.05) is 6.61 Å². The van der Waals surface area contributed by atoms with Crippen molar-refractivity contribution in [3.8, 4) is 5.75 Å². The van der Waals surface area contributed by atoms with Crippen LogP contribution in [0.4, 0.5) is 5.69 Å². The van der Waals surface area contributed by atoms with Crippen LogP contribution in [-0.4, -0.2) is 23.5 Å². The van der Waals surface area contributed by atoms with E-state index in [0.717, 1.165) is 12.8 Å². The fourth-order valence-electron chi connectivity index (χ4n) is 1.65. The summed E-state index contributed by atoms with van der Waals surface area (Å²) in [5.41, 5.74) is -0.269. The Morgan fingerprint density at radius 3 is 2.50 bits per heavy atom. The van der Waals surface area contributed by atoms with E-state index in [1.165, 1.54) is 18.2 Å². The first kappa shape index (κ1) is 17.6. The van der Waals surface area contributed by atoms with Gasteiger partial charge in [-0.1, -0.05) is 25.5 Å². The average Bonchev–Trinajstić information content (AvgIpc) is 2.48. The molecule has 0 radical (unpaired) electrons. The van der Waals surface area contributed by atoms with Gasteiger partial charge in [0.05, 0.1) is 11.5 Å². The summed E-state index contributed by atoms with van der Waals surface area (Å²) in [6.07, 6.45) is 2.15. The summed E-state index contributed by atoms with van der Waals surface area (Å²) in [7, 11) is 0.